The van der Waals surface area contributed by atoms with Crippen LogP contribution in [-0.4, -0.2) is 92.6 Å². The number of hydrogen-bond donors (Lipinski definition) is 0. The molecule has 0 radical (unpaired) electrons. The van der Waals surface area contributed by atoms with Crippen molar-refractivity contribution in [2.24, 2.45) is 17.8 Å². The number of rotatable bonds is 21. The van der Waals surface area contributed by atoms with Crippen molar-refractivity contribution in [2.45, 2.75) is 168 Å². The SMILES string of the molecule is CCCCCCCCCCCCCC(=O)OC[C@H]1O[C@@H](O[C@@H]2OC=C(C(=O)OC)[C@H]3C[C@H](OC(C)=O)[C@H](C)[C@@H]23)[C@H](OC(C)=O)[C@@H](OC(C)=O)[C@@H]1OC(C)=O. The van der Waals surface area contributed by atoms with E-state index in [0.717, 1.165) is 40.0 Å². The van der Waals surface area contributed by atoms with E-state index in [1.54, 1.807) is 0 Å². The van der Waals surface area contributed by atoms with E-state index in [9.17, 15) is 28.8 Å². The van der Waals surface area contributed by atoms with Crippen molar-refractivity contribution in [1.29, 1.82) is 0 Å². The van der Waals surface area contributed by atoms with Crippen molar-refractivity contribution in [3.05, 3.63) is 11.8 Å². The van der Waals surface area contributed by atoms with Crippen molar-refractivity contribution in [3.8, 4) is 0 Å². The Hall–Kier alpha value is -3.72. The maximum absolute atomic E-state index is 12.8. The summed E-state index contributed by atoms with van der Waals surface area (Å²) in [6, 6.07) is 0. The number of fused-ring (bicyclic) bond motifs is 1. The van der Waals surface area contributed by atoms with Crippen LogP contribution in [0.5, 0.6) is 0 Å². The average Bonchev–Trinajstić information content (AvgIpc) is 3.43. The van der Waals surface area contributed by atoms with Crippen molar-refractivity contribution >= 4 is 35.8 Å². The Morgan fingerprint density at radius 3 is 1.80 bits per heavy atom. The number of methoxy groups -OCH3 is 1. The minimum atomic E-state index is -1.51. The van der Waals surface area contributed by atoms with E-state index in [4.69, 9.17) is 42.6 Å². The molecule has 2 fully saturated rings. The van der Waals surface area contributed by atoms with E-state index in [1.165, 1.54) is 65.2 Å². The van der Waals surface area contributed by atoms with Gasteiger partial charge in [-0.3, -0.25) is 24.0 Å². The molecule has 0 spiro atoms. The number of carbonyl (C=O) groups excluding carboxylic acids is 6. The quantitative estimate of drug-likeness (QED) is 0.0822. The fourth-order valence-corrected chi connectivity index (χ4v) is 7.55. The Kier molecular flexibility index (Phi) is 18.7. The molecule has 0 bridgehead atoms. The number of hydrogen-bond acceptors (Lipinski definition) is 15. The molecule has 0 aromatic rings. The van der Waals surface area contributed by atoms with Crippen LogP contribution in [0.25, 0.3) is 0 Å². The van der Waals surface area contributed by atoms with E-state index in [0.29, 0.717) is 6.42 Å². The molecule has 54 heavy (non-hydrogen) atoms. The Morgan fingerprint density at radius 2 is 1.24 bits per heavy atom. The van der Waals surface area contributed by atoms with Crippen LogP contribution in [-0.2, 0) is 71.4 Å². The molecule has 0 aromatic carbocycles. The molecule has 2 heterocycles. The van der Waals surface area contributed by atoms with Gasteiger partial charge in [0, 0.05) is 51.9 Å². The second-order valence-corrected chi connectivity index (χ2v) is 14.4. The Bertz CT molecular complexity index is 1300. The highest BCUT2D eigenvalue weighted by molar-refractivity contribution is 5.89. The van der Waals surface area contributed by atoms with E-state index in [2.05, 4.69) is 6.92 Å². The van der Waals surface area contributed by atoms with Gasteiger partial charge in [-0.25, -0.2) is 4.79 Å². The van der Waals surface area contributed by atoms with Crippen LogP contribution in [0.3, 0.4) is 0 Å². The molecule has 2 aliphatic heterocycles. The van der Waals surface area contributed by atoms with Crippen LogP contribution in [0.1, 0.15) is 125 Å². The number of esters is 6. The van der Waals surface area contributed by atoms with Crippen LogP contribution in [0.15, 0.2) is 11.8 Å². The highest BCUT2D eigenvalue weighted by Gasteiger charge is 2.57. The van der Waals surface area contributed by atoms with E-state index in [-0.39, 0.29) is 18.4 Å². The highest BCUT2D eigenvalue weighted by atomic mass is 16.8. The Morgan fingerprint density at radius 1 is 0.704 bits per heavy atom. The molecule has 10 atom stereocenters. The summed E-state index contributed by atoms with van der Waals surface area (Å²) in [6.45, 7) is 8.31. The lowest BCUT2D eigenvalue weighted by Crippen LogP contribution is -2.63. The van der Waals surface area contributed by atoms with Gasteiger partial charge in [0.25, 0.3) is 0 Å². The third kappa shape index (κ3) is 13.5. The highest BCUT2D eigenvalue weighted by Crippen LogP contribution is 2.49. The first-order valence-corrected chi connectivity index (χ1v) is 19.4. The minimum Gasteiger partial charge on any atom is -0.472 e. The zero-order valence-corrected chi connectivity index (χ0v) is 32.9. The molecule has 0 N–H and O–H groups in total. The summed E-state index contributed by atoms with van der Waals surface area (Å²) in [4.78, 5) is 74.5. The summed E-state index contributed by atoms with van der Waals surface area (Å²) in [5, 5.41) is 0. The molecule has 0 unspecified atom stereocenters. The monoisotopic (exact) mass is 768 g/mol. The summed E-state index contributed by atoms with van der Waals surface area (Å²) in [6.07, 6.45) is 5.27. The second-order valence-electron chi connectivity index (χ2n) is 14.4. The van der Waals surface area contributed by atoms with E-state index in [1.807, 2.05) is 6.92 Å². The molecule has 0 amide bonds. The fourth-order valence-electron chi connectivity index (χ4n) is 7.55. The molecule has 0 aromatic heterocycles. The maximum Gasteiger partial charge on any atom is 0.337 e. The third-order valence-corrected chi connectivity index (χ3v) is 10.1. The molecule has 15 heteroatoms. The summed E-state index contributed by atoms with van der Waals surface area (Å²) in [5.74, 6) is -5.43. The Balaban J connectivity index is 1.76. The predicted octanol–water partition coefficient (Wildman–Crippen LogP) is 5.38. The lowest BCUT2D eigenvalue weighted by atomic mass is 9.83. The standard InChI is InChI=1S/C39H60O15/c1-8-9-10-11-12-13-14-15-16-17-18-19-32(44)47-22-31-34(50-25(4)41)35(51-26(5)42)36(52-27(6)43)39(53-31)54-38-33-23(2)30(49-24(3)40)20-28(33)29(21-48-38)37(45)46-7/h21,23,28,30-31,33-36,38-39H,8-20,22H2,1-7H3/t23-,28+,30-,31+,33+,34+,35-,36+,38-,39-/m0/s1. The largest absolute Gasteiger partial charge is 0.472 e. The molecule has 3 aliphatic rings. The van der Waals surface area contributed by atoms with Crippen LogP contribution in [0.4, 0.5) is 0 Å². The predicted molar refractivity (Wildman–Crippen MR) is 190 cm³/mol. The van der Waals surface area contributed by atoms with Gasteiger partial charge in [0.2, 0.25) is 12.6 Å². The van der Waals surface area contributed by atoms with Crippen LogP contribution in [0, 0.1) is 17.8 Å². The van der Waals surface area contributed by atoms with Crippen LogP contribution < -0.4 is 0 Å². The molecule has 1 saturated heterocycles. The van der Waals surface area contributed by atoms with Crippen molar-refractivity contribution in [3.63, 3.8) is 0 Å². The van der Waals surface area contributed by atoms with Crippen molar-refractivity contribution in [2.75, 3.05) is 13.7 Å². The van der Waals surface area contributed by atoms with Gasteiger partial charge in [0.15, 0.2) is 18.3 Å². The molecular weight excluding hydrogens is 708 g/mol. The number of unbranched alkanes of at least 4 members (excludes halogenated alkanes) is 10. The van der Waals surface area contributed by atoms with Gasteiger partial charge >= 0.3 is 35.8 Å². The fraction of sp³-hybridized carbons (Fsp3) is 0.795. The normalized spacial score (nSPS) is 28.8. The van der Waals surface area contributed by atoms with Gasteiger partial charge in [0.1, 0.15) is 18.8 Å². The summed E-state index contributed by atoms with van der Waals surface area (Å²) < 4.78 is 51.3. The van der Waals surface area contributed by atoms with Gasteiger partial charge in [0.05, 0.1) is 18.9 Å². The van der Waals surface area contributed by atoms with Gasteiger partial charge in [-0.05, 0) is 12.8 Å². The summed E-state index contributed by atoms with van der Waals surface area (Å²) in [7, 11) is 1.24. The first kappa shape index (κ1) is 44.7. The van der Waals surface area contributed by atoms with Gasteiger partial charge < -0.3 is 42.6 Å². The summed E-state index contributed by atoms with van der Waals surface area (Å²) in [5.41, 5.74) is 0.222. The van der Waals surface area contributed by atoms with E-state index >= 15 is 0 Å². The second kappa shape index (κ2) is 22.6. The molecule has 3 rings (SSSR count). The average molecular weight is 769 g/mol. The van der Waals surface area contributed by atoms with Crippen molar-refractivity contribution < 1.29 is 71.4 Å². The molecule has 1 saturated carbocycles. The Labute approximate surface area is 318 Å². The lowest BCUT2D eigenvalue weighted by Gasteiger charge is -2.46. The topological polar surface area (TPSA) is 185 Å². The van der Waals surface area contributed by atoms with Crippen molar-refractivity contribution in [1.82, 2.24) is 0 Å². The first-order chi connectivity index (χ1) is 25.8. The number of carbonyl (C=O) groups is 6. The molecule has 306 valence electrons. The smallest absolute Gasteiger partial charge is 0.337 e. The van der Waals surface area contributed by atoms with Crippen LogP contribution in [0.2, 0.25) is 0 Å². The molecule has 15 nitrogen and oxygen atoms in total. The lowest BCUT2D eigenvalue weighted by molar-refractivity contribution is -0.345. The zero-order valence-electron chi connectivity index (χ0n) is 32.9. The summed E-state index contributed by atoms with van der Waals surface area (Å²) >= 11 is 0. The number of ether oxygens (including phenoxy) is 9. The third-order valence-electron chi connectivity index (χ3n) is 10.1. The van der Waals surface area contributed by atoms with Gasteiger partial charge in [-0.15, -0.1) is 0 Å². The van der Waals surface area contributed by atoms with Gasteiger partial charge in [-0.1, -0.05) is 78.1 Å². The first-order valence-electron chi connectivity index (χ1n) is 19.4. The van der Waals surface area contributed by atoms with Gasteiger partial charge in [-0.2, -0.15) is 0 Å². The zero-order chi connectivity index (χ0) is 39.8. The molecular formula is C39H60O15. The van der Waals surface area contributed by atoms with Crippen LogP contribution >= 0.6 is 0 Å². The molecule has 1 aliphatic carbocycles. The minimum absolute atomic E-state index is 0.167. The van der Waals surface area contributed by atoms with E-state index < -0.39 is 103 Å². The maximum atomic E-state index is 12.8.